The molecule has 1 N–H and O–H groups in total. The van der Waals surface area contributed by atoms with Gasteiger partial charge in [-0.25, -0.2) is 4.79 Å². The first-order chi connectivity index (χ1) is 6.24. The van der Waals surface area contributed by atoms with Crippen LogP contribution in [0, 0.1) is 0 Å². The fourth-order valence-corrected chi connectivity index (χ4v) is 1.35. The quantitative estimate of drug-likeness (QED) is 0.709. The standard InChI is InChI=1S/C9H18N2O2/c1-8(13-2)7-10-9(12)11-5-3-4-6-11/h8H,3-7H2,1-2H3,(H,10,12). The smallest absolute Gasteiger partial charge is 0.317 e. The molecule has 0 radical (unpaired) electrons. The number of rotatable bonds is 3. The first-order valence-corrected chi connectivity index (χ1v) is 4.79. The number of nitrogens with zero attached hydrogens (tertiary/aromatic N) is 1. The number of urea groups is 1. The summed E-state index contributed by atoms with van der Waals surface area (Å²) in [5, 5.41) is 2.84. The summed E-state index contributed by atoms with van der Waals surface area (Å²) < 4.78 is 5.03. The molecule has 13 heavy (non-hydrogen) atoms. The lowest BCUT2D eigenvalue weighted by Gasteiger charge is -2.17. The number of amides is 2. The van der Waals surface area contributed by atoms with Crippen LogP contribution < -0.4 is 5.32 Å². The second kappa shape index (κ2) is 5.07. The van der Waals surface area contributed by atoms with Crippen LogP contribution in [0.1, 0.15) is 19.8 Å². The van der Waals surface area contributed by atoms with E-state index >= 15 is 0 Å². The Hall–Kier alpha value is -0.770. The predicted octanol–water partition coefficient (Wildman–Crippen LogP) is 0.827. The predicted molar refractivity (Wildman–Crippen MR) is 50.7 cm³/mol. The van der Waals surface area contributed by atoms with Crippen LogP contribution in [-0.2, 0) is 4.74 Å². The lowest BCUT2D eigenvalue weighted by atomic mass is 10.4. The molecular weight excluding hydrogens is 168 g/mol. The van der Waals surface area contributed by atoms with Crippen LogP contribution in [0.15, 0.2) is 0 Å². The average molecular weight is 186 g/mol. The molecule has 4 heteroatoms. The van der Waals surface area contributed by atoms with Gasteiger partial charge in [0.2, 0.25) is 0 Å². The summed E-state index contributed by atoms with van der Waals surface area (Å²) in [6.45, 7) is 4.32. The third-order valence-electron chi connectivity index (χ3n) is 2.34. The van der Waals surface area contributed by atoms with Crippen molar-refractivity contribution < 1.29 is 9.53 Å². The summed E-state index contributed by atoms with van der Waals surface area (Å²) in [5.74, 6) is 0. The number of nitrogens with one attached hydrogen (secondary N) is 1. The molecule has 76 valence electrons. The van der Waals surface area contributed by atoms with Crippen molar-refractivity contribution in [2.45, 2.75) is 25.9 Å². The molecular formula is C9H18N2O2. The Bertz CT molecular complexity index is 167. The van der Waals surface area contributed by atoms with Crippen LogP contribution in [0.3, 0.4) is 0 Å². The molecule has 1 rings (SSSR count). The zero-order valence-corrected chi connectivity index (χ0v) is 8.38. The zero-order chi connectivity index (χ0) is 9.68. The summed E-state index contributed by atoms with van der Waals surface area (Å²) in [6, 6.07) is 0.0430. The SMILES string of the molecule is COC(C)CNC(=O)N1CCCC1. The van der Waals surface area contributed by atoms with Crippen molar-refractivity contribution in [2.75, 3.05) is 26.7 Å². The Morgan fingerprint density at radius 3 is 2.69 bits per heavy atom. The van der Waals surface area contributed by atoms with Gasteiger partial charge in [0.15, 0.2) is 0 Å². The Morgan fingerprint density at radius 2 is 2.15 bits per heavy atom. The van der Waals surface area contributed by atoms with Crippen LogP contribution in [0.4, 0.5) is 4.79 Å². The Labute approximate surface area is 79.2 Å². The van der Waals surface area contributed by atoms with E-state index in [-0.39, 0.29) is 12.1 Å². The van der Waals surface area contributed by atoms with Gasteiger partial charge in [0, 0.05) is 26.7 Å². The molecule has 0 aromatic heterocycles. The molecule has 1 atom stereocenters. The maximum atomic E-state index is 11.4. The lowest BCUT2D eigenvalue weighted by Crippen LogP contribution is -2.41. The van der Waals surface area contributed by atoms with Crippen molar-refractivity contribution in [1.29, 1.82) is 0 Å². The molecule has 0 aromatic carbocycles. The van der Waals surface area contributed by atoms with Gasteiger partial charge in [-0.2, -0.15) is 0 Å². The van der Waals surface area contributed by atoms with Crippen LogP contribution >= 0.6 is 0 Å². The van der Waals surface area contributed by atoms with E-state index in [1.807, 2.05) is 11.8 Å². The normalized spacial score (nSPS) is 18.8. The summed E-state index contributed by atoms with van der Waals surface area (Å²) in [5.41, 5.74) is 0. The van der Waals surface area contributed by atoms with Gasteiger partial charge >= 0.3 is 6.03 Å². The maximum absolute atomic E-state index is 11.4. The molecule has 0 bridgehead atoms. The van der Waals surface area contributed by atoms with E-state index in [9.17, 15) is 4.79 Å². The Balaban J connectivity index is 2.16. The minimum atomic E-state index is 0.0430. The fraction of sp³-hybridized carbons (Fsp3) is 0.889. The number of likely N-dealkylation sites (tertiary alicyclic amines) is 1. The van der Waals surface area contributed by atoms with Crippen molar-refractivity contribution in [1.82, 2.24) is 10.2 Å². The Kier molecular flexibility index (Phi) is 4.02. The number of ether oxygens (including phenoxy) is 1. The molecule has 0 aromatic rings. The van der Waals surface area contributed by atoms with Crippen molar-refractivity contribution in [3.63, 3.8) is 0 Å². The van der Waals surface area contributed by atoms with Gasteiger partial charge < -0.3 is 15.0 Å². The third-order valence-corrected chi connectivity index (χ3v) is 2.34. The molecule has 0 spiro atoms. The zero-order valence-electron chi connectivity index (χ0n) is 8.38. The highest BCUT2D eigenvalue weighted by Gasteiger charge is 2.17. The van der Waals surface area contributed by atoms with Gasteiger partial charge in [0.1, 0.15) is 0 Å². The van der Waals surface area contributed by atoms with Crippen LogP contribution in [0.5, 0.6) is 0 Å². The van der Waals surface area contributed by atoms with Crippen LogP contribution in [0.25, 0.3) is 0 Å². The van der Waals surface area contributed by atoms with E-state index in [2.05, 4.69) is 5.32 Å². The topological polar surface area (TPSA) is 41.6 Å². The molecule has 0 saturated carbocycles. The molecule has 1 fully saturated rings. The van der Waals surface area contributed by atoms with E-state index in [4.69, 9.17) is 4.74 Å². The summed E-state index contributed by atoms with van der Waals surface area (Å²) >= 11 is 0. The number of hydrogen-bond acceptors (Lipinski definition) is 2. The third kappa shape index (κ3) is 3.22. The molecule has 1 unspecified atom stereocenters. The Morgan fingerprint density at radius 1 is 1.54 bits per heavy atom. The van der Waals surface area contributed by atoms with Gasteiger partial charge in [-0.15, -0.1) is 0 Å². The number of hydrogen-bond donors (Lipinski definition) is 1. The van der Waals surface area contributed by atoms with Crippen molar-refractivity contribution in [3.8, 4) is 0 Å². The molecule has 1 heterocycles. The van der Waals surface area contributed by atoms with Crippen molar-refractivity contribution in [2.24, 2.45) is 0 Å². The average Bonchev–Trinajstić information content (AvgIpc) is 2.66. The van der Waals surface area contributed by atoms with Gasteiger partial charge in [-0.05, 0) is 19.8 Å². The number of carbonyl (C=O) groups excluding carboxylic acids is 1. The first-order valence-electron chi connectivity index (χ1n) is 4.79. The molecule has 1 aliphatic heterocycles. The summed E-state index contributed by atoms with van der Waals surface area (Å²) in [7, 11) is 1.65. The van der Waals surface area contributed by atoms with E-state index in [0.29, 0.717) is 6.54 Å². The second-order valence-electron chi connectivity index (χ2n) is 3.43. The fourth-order valence-electron chi connectivity index (χ4n) is 1.35. The van der Waals surface area contributed by atoms with E-state index in [1.54, 1.807) is 7.11 Å². The molecule has 2 amide bonds. The van der Waals surface area contributed by atoms with Crippen LogP contribution in [-0.4, -0.2) is 43.8 Å². The van der Waals surface area contributed by atoms with Crippen molar-refractivity contribution >= 4 is 6.03 Å². The largest absolute Gasteiger partial charge is 0.380 e. The maximum Gasteiger partial charge on any atom is 0.317 e. The van der Waals surface area contributed by atoms with Crippen LogP contribution in [0.2, 0.25) is 0 Å². The minimum absolute atomic E-state index is 0.0430. The monoisotopic (exact) mass is 186 g/mol. The van der Waals surface area contributed by atoms with Crippen molar-refractivity contribution in [3.05, 3.63) is 0 Å². The number of methoxy groups -OCH3 is 1. The highest BCUT2D eigenvalue weighted by atomic mass is 16.5. The molecule has 1 saturated heterocycles. The summed E-state index contributed by atoms with van der Waals surface area (Å²) in [4.78, 5) is 13.3. The molecule has 4 nitrogen and oxygen atoms in total. The first kappa shape index (κ1) is 10.3. The van der Waals surface area contributed by atoms with Gasteiger partial charge in [0.05, 0.1) is 6.10 Å². The van der Waals surface area contributed by atoms with Gasteiger partial charge in [0.25, 0.3) is 0 Å². The van der Waals surface area contributed by atoms with E-state index in [1.165, 1.54) is 0 Å². The highest BCUT2D eigenvalue weighted by molar-refractivity contribution is 5.74. The highest BCUT2D eigenvalue weighted by Crippen LogP contribution is 2.06. The number of carbonyl (C=O) groups is 1. The van der Waals surface area contributed by atoms with E-state index in [0.717, 1.165) is 25.9 Å². The minimum Gasteiger partial charge on any atom is -0.380 e. The van der Waals surface area contributed by atoms with Gasteiger partial charge in [-0.3, -0.25) is 0 Å². The van der Waals surface area contributed by atoms with Gasteiger partial charge in [-0.1, -0.05) is 0 Å². The molecule has 1 aliphatic rings. The summed E-state index contributed by atoms with van der Waals surface area (Å²) in [6.07, 6.45) is 2.35. The van der Waals surface area contributed by atoms with E-state index < -0.39 is 0 Å². The second-order valence-corrected chi connectivity index (χ2v) is 3.43. The lowest BCUT2D eigenvalue weighted by molar-refractivity contribution is 0.116. The molecule has 0 aliphatic carbocycles.